The van der Waals surface area contributed by atoms with E-state index < -0.39 is 49.7 Å². The SMILES string of the molecule is C=CCC(=O)OCc1ccccc1.C[SiH](C)O[Si](C)(C)c1ccccc1.C[Si](C)(CCCC(=O)OCc1ccccc1)O[Si](C)(C)c1ccccc1.C[Si](C)(Cl)c1ccccc1.C[Si](C)(O)c1ccccc1.[HH]. The van der Waals surface area contributed by atoms with Crippen molar-refractivity contribution >= 4 is 93.5 Å². The lowest BCUT2D eigenvalue weighted by Gasteiger charge is -2.34. The quantitative estimate of drug-likeness (QED) is 0.0397. The molecule has 0 aliphatic rings. The van der Waals surface area contributed by atoms with Crippen LogP contribution >= 0.6 is 11.1 Å². The third-order valence-corrected chi connectivity index (χ3v) is 28.5. The molecule has 6 rings (SSSR count). The van der Waals surface area contributed by atoms with Gasteiger partial charge in [-0.15, -0.1) is 6.58 Å². The van der Waals surface area contributed by atoms with Crippen molar-refractivity contribution < 1.29 is 33.5 Å². The highest BCUT2D eigenvalue weighted by Crippen LogP contribution is 2.21. The van der Waals surface area contributed by atoms with Crippen LogP contribution in [0.15, 0.2) is 195 Å². The highest BCUT2D eigenvalue weighted by molar-refractivity contribution is 7.26. The van der Waals surface area contributed by atoms with Crippen LogP contribution in [0.3, 0.4) is 0 Å². The summed E-state index contributed by atoms with van der Waals surface area (Å²) < 4.78 is 23.1. The van der Waals surface area contributed by atoms with Crippen molar-refractivity contribution in [2.45, 2.75) is 117 Å². The summed E-state index contributed by atoms with van der Waals surface area (Å²) >= 11 is 6.20. The predicted octanol–water partition coefficient (Wildman–Crippen LogP) is 12.9. The van der Waals surface area contributed by atoms with E-state index in [4.69, 9.17) is 28.8 Å². The number of esters is 2. The second kappa shape index (κ2) is 32.6. The van der Waals surface area contributed by atoms with Gasteiger partial charge in [0.1, 0.15) is 13.2 Å². The Morgan fingerprint density at radius 1 is 0.542 bits per heavy atom. The van der Waals surface area contributed by atoms with E-state index in [1.54, 1.807) is 0 Å². The number of benzene rings is 6. The standard InChI is InChI=1S/C21H30O3Si2.C11H12O2.C10H18OSi2.C8H11ClSi.C8H12OSi.H2/c1-25(2,24-26(3,4)20-14-9-6-10-15-20)17-11-16-21(22)23-18-19-12-7-5-8-13-19;1-2-6-11(12)13-9-10-7-4-3-5-8-10;1-12(2)11-13(3,4)10-8-6-5-7-9-10;2*1-10(2,9)8-6-4-3-5-7-8;/h5-10,12-15H,11,16-18H2,1-4H3;2-5,7-8H,1,6,9H2;5-9,12H,1-4H3;3-7H,1-2H3;3-7,9H,1-2H3;1H. The summed E-state index contributed by atoms with van der Waals surface area (Å²) in [5.41, 5.74) is 2.02. The van der Waals surface area contributed by atoms with Crippen LogP contribution in [0.1, 0.15) is 31.8 Å². The molecular weight excluding hydrogens is 1010 g/mol. The average molecular weight is 1100 g/mol. The Morgan fingerprint density at radius 2 is 0.889 bits per heavy atom. The van der Waals surface area contributed by atoms with Crippen LogP contribution in [0.5, 0.6) is 0 Å². The van der Waals surface area contributed by atoms with E-state index in [1.807, 2.05) is 128 Å². The summed E-state index contributed by atoms with van der Waals surface area (Å²) in [5, 5.41) is 5.12. The molecule has 0 heterocycles. The van der Waals surface area contributed by atoms with Crippen LogP contribution < -0.4 is 20.7 Å². The van der Waals surface area contributed by atoms with Crippen molar-refractivity contribution in [3.05, 3.63) is 206 Å². The fourth-order valence-electron chi connectivity index (χ4n) is 7.20. The molecule has 0 saturated heterocycles. The monoisotopic (exact) mass is 1100 g/mol. The number of hydrogen-bond donors (Lipinski definition) is 1. The Labute approximate surface area is 447 Å². The van der Waals surface area contributed by atoms with Crippen LogP contribution in [-0.4, -0.2) is 66.4 Å². The molecule has 7 nitrogen and oxygen atoms in total. The van der Waals surface area contributed by atoms with Crippen molar-refractivity contribution in [3.8, 4) is 0 Å². The lowest BCUT2D eigenvalue weighted by Crippen LogP contribution is -2.52. The lowest BCUT2D eigenvalue weighted by molar-refractivity contribution is -0.145. The minimum atomic E-state index is -2.03. The summed E-state index contributed by atoms with van der Waals surface area (Å²) in [6.45, 7) is 30.3. The molecule has 0 unspecified atom stereocenters. The van der Waals surface area contributed by atoms with Gasteiger partial charge in [-0.3, -0.25) is 9.59 Å². The van der Waals surface area contributed by atoms with E-state index in [0.29, 0.717) is 19.6 Å². The van der Waals surface area contributed by atoms with Crippen molar-refractivity contribution in [2.24, 2.45) is 0 Å². The van der Waals surface area contributed by atoms with E-state index in [-0.39, 0.29) is 19.8 Å². The van der Waals surface area contributed by atoms with Gasteiger partial charge in [0.15, 0.2) is 24.7 Å². The van der Waals surface area contributed by atoms with Gasteiger partial charge >= 0.3 is 11.9 Å². The third kappa shape index (κ3) is 28.1. The van der Waals surface area contributed by atoms with E-state index in [1.165, 1.54) is 21.6 Å². The van der Waals surface area contributed by atoms with Crippen molar-refractivity contribution in [1.29, 1.82) is 0 Å². The van der Waals surface area contributed by atoms with Gasteiger partial charge in [-0.2, -0.15) is 11.1 Å². The Kier molecular flexibility index (Phi) is 28.8. The van der Waals surface area contributed by atoms with Gasteiger partial charge in [0.25, 0.3) is 0 Å². The zero-order valence-electron chi connectivity index (χ0n) is 45.2. The first-order valence-electron chi connectivity index (χ1n) is 24.9. The molecule has 0 fully saturated rings. The van der Waals surface area contributed by atoms with Gasteiger partial charge in [0.05, 0.1) is 6.42 Å². The summed E-state index contributed by atoms with van der Waals surface area (Å²) in [6.07, 6.45) is 3.09. The molecule has 0 bridgehead atoms. The molecule has 0 aliphatic carbocycles. The molecule has 0 aromatic heterocycles. The molecule has 14 heteroatoms. The van der Waals surface area contributed by atoms with Crippen LogP contribution in [0.25, 0.3) is 0 Å². The molecule has 6 aromatic carbocycles. The molecule has 390 valence electrons. The molecule has 0 saturated carbocycles. The maximum atomic E-state index is 12.0. The molecular formula is C58H85ClO7Si6. The highest BCUT2D eigenvalue weighted by Gasteiger charge is 2.34. The summed E-state index contributed by atoms with van der Waals surface area (Å²) in [4.78, 5) is 32.5. The van der Waals surface area contributed by atoms with Crippen LogP contribution in [0.2, 0.25) is 84.6 Å². The van der Waals surface area contributed by atoms with Gasteiger partial charge in [0.2, 0.25) is 25.0 Å². The molecule has 0 amide bonds. The predicted molar refractivity (Wildman–Crippen MR) is 324 cm³/mol. The van der Waals surface area contributed by atoms with E-state index in [0.717, 1.165) is 28.8 Å². The van der Waals surface area contributed by atoms with Gasteiger partial charge in [-0.25, -0.2) is 0 Å². The first kappa shape index (κ1) is 63.6. The fraction of sp³-hybridized carbons (Fsp3) is 0.310. The Balaban J connectivity index is 0.000000484. The molecule has 0 atom stereocenters. The number of rotatable bonds is 18. The van der Waals surface area contributed by atoms with Gasteiger partial charge in [-0.1, -0.05) is 201 Å². The van der Waals surface area contributed by atoms with E-state index >= 15 is 0 Å². The molecule has 6 aromatic rings. The molecule has 72 heavy (non-hydrogen) atoms. The maximum absolute atomic E-state index is 12.0. The average Bonchev–Trinajstić information content (AvgIpc) is 3.34. The van der Waals surface area contributed by atoms with Crippen LogP contribution in [0, 0.1) is 0 Å². The second-order valence-corrected chi connectivity index (χ2v) is 45.3. The molecule has 0 aliphatic heterocycles. The number of carbonyl (C=O) groups is 2. The minimum Gasteiger partial charge on any atom is -0.461 e. The van der Waals surface area contributed by atoms with Crippen molar-refractivity contribution in [1.82, 2.24) is 0 Å². The van der Waals surface area contributed by atoms with Gasteiger partial charge in [0, 0.05) is 7.85 Å². The summed E-state index contributed by atoms with van der Waals surface area (Å²) in [7, 11) is -9.81. The minimum absolute atomic E-state index is 0. The largest absolute Gasteiger partial charge is 0.461 e. The Bertz CT molecular complexity index is 2340. The highest BCUT2D eigenvalue weighted by atomic mass is 35.6. The topological polar surface area (TPSA) is 91.3 Å². The molecule has 0 spiro atoms. The van der Waals surface area contributed by atoms with E-state index in [9.17, 15) is 14.4 Å². The Morgan fingerprint density at radius 3 is 1.22 bits per heavy atom. The number of carbonyl (C=O) groups excluding carboxylic acids is 2. The smallest absolute Gasteiger partial charge is 0.309 e. The first-order valence-corrected chi connectivity index (χ1v) is 43.5. The van der Waals surface area contributed by atoms with E-state index in [2.05, 4.69) is 139 Å². The van der Waals surface area contributed by atoms with Crippen LogP contribution in [0.4, 0.5) is 0 Å². The Hall–Kier alpha value is -4.53. The van der Waals surface area contributed by atoms with Gasteiger partial charge < -0.3 is 22.5 Å². The van der Waals surface area contributed by atoms with Crippen molar-refractivity contribution in [2.75, 3.05) is 0 Å². The number of halogens is 1. The molecule has 1 N–H and O–H groups in total. The lowest BCUT2D eigenvalue weighted by atomic mass is 10.2. The second-order valence-electron chi connectivity index (χ2n) is 20.2. The van der Waals surface area contributed by atoms with Gasteiger partial charge in [-0.05, 0) is 110 Å². The molecule has 0 radical (unpaired) electrons. The zero-order valence-corrected chi connectivity index (χ0v) is 52.1. The summed E-state index contributed by atoms with van der Waals surface area (Å²) in [5.74, 6) is -0.364. The number of ether oxygens (including phenoxy) is 2. The fourth-order valence-corrected chi connectivity index (χ4v) is 24.3. The van der Waals surface area contributed by atoms with Crippen LogP contribution in [-0.2, 0) is 40.5 Å². The van der Waals surface area contributed by atoms with Crippen molar-refractivity contribution in [3.63, 3.8) is 0 Å². The first-order chi connectivity index (χ1) is 33.8. The normalized spacial score (nSPS) is 11.4. The summed E-state index contributed by atoms with van der Waals surface area (Å²) in [6, 6.07) is 61.6. The maximum Gasteiger partial charge on any atom is 0.309 e. The third-order valence-electron chi connectivity index (χ3n) is 10.9. The number of hydrogen-bond acceptors (Lipinski definition) is 7. The zero-order chi connectivity index (χ0) is 53.7.